The van der Waals surface area contributed by atoms with E-state index in [1.807, 2.05) is 65.6 Å². The number of hydrogen-bond donors (Lipinski definition) is 2. The number of benzene rings is 4. The Bertz CT molecular complexity index is 1550. The normalized spacial score (nSPS) is 12.5. The van der Waals surface area contributed by atoms with Crippen molar-refractivity contribution in [2.24, 2.45) is 0 Å². The van der Waals surface area contributed by atoms with Gasteiger partial charge in [-0.1, -0.05) is 64.5 Å². The molecular weight excluding hydrogens is 586 g/mol. The second-order valence-corrected chi connectivity index (χ2v) is 11.1. The highest BCUT2D eigenvalue weighted by atomic mass is 79.9. The topological polar surface area (TPSA) is 78.5 Å². The molecule has 1 aliphatic heterocycles. The van der Waals surface area contributed by atoms with Gasteiger partial charge in [0.1, 0.15) is 5.70 Å². The lowest BCUT2D eigenvalue weighted by atomic mass is 10.1. The van der Waals surface area contributed by atoms with E-state index in [1.165, 1.54) is 17.3 Å². The molecule has 6 nitrogen and oxygen atoms in total. The van der Waals surface area contributed by atoms with Crippen molar-refractivity contribution in [3.8, 4) is 0 Å². The van der Waals surface area contributed by atoms with Crippen molar-refractivity contribution in [1.29, 1.82) is 0 Å². The van der Waals surface area contributed by atoms with Crippen molar-refractivity contribution in [2.45, 2.75) is 11.3 Å². The second-order valence-electron chi connectivity index (χ2n) is 9.12. The molecule has 40 heavy (non-hydrogen) atoms. The van der Waals surface area contributed by atoms with Gasteiger partial charge in [-0.15, -0.1) is 11.8 Å². The summed E-state index contributed by atoms with van der Waals surface area (Å²) < 4.78 is 0.911. The number of amides is 3. The lowest BCUT2D eigenvalue weighted by molar-refractivity contribution is -0.116. The van der Waals surface area contributed by atoms with Crippen LogP contribution in [0.5, 0.6) is 0 Å². The first-order chi connectivity index (χ1) is 19.5. The monoisotopic (exact) mass is 611 g/mol. The van der Waals surface area contributed by atoms with E-state index in [1.54, 1.807) is 42.5 Å². The van der Waals surface area contributed by atoms with Gasteiger partial charge >= 0.3 is 0 Å². The highest BCUT2D eigenvalue weighted by molar-refractivity contribution is 9.10. The van der Waals surface area contributed by atoms with Crippen molar-refractivity contribution in [1.82, 2.24) is 5.32 Å². The van der Waals surface area contributed by atoms with E-state index in [2.05, 4.69) is 32.6 Å². The van der Waals surface area contributed by atoms with Crippen LogP contribution in [0.2, 0.25) is 0 Å². The zero-order valence-corrected chi connectivity index (χ0v) is 23.9. The zero-order valence-electron chi connectivity index (χ0n) is 21.5. The Morgan fingerprint density at radius 2 is 1.55 bits per heavy atom. The number of nitrogens with zero attached hydrogens (tertiary/aromatic N) is 1. The van der Waals surface area contributed by atoms with Gasteiger partial charge < -0.3 is 15.5 Å². The third-order valence-corrected chi connectivity index (χ3v) is 7.90. The molecule has 4 aromatic carbocycles. The molecule has 0 bridgehead atoms. The highest BCUT2D eigenvalue weighted by Crippen LogP contribution is 2.29. The van der Waals surface area contributed by atoms with Gasteiger partial charge in [0.25, 0.3) is 11.8 Å². The first kappa shape index (κ1) is 27.4. The van der Waals surface area contributed by atoms with Crippen LogP contribution < -0.4 is 15.5 Å². The Balaban J connectivity index is 1.23. The van der Waals surface area contributed by atoms with Crippen molar-refractivity contribution in [2.75, 3.05) is 22.5 Å². The van der Waals surface area contributed by atoms with Crippen LogP contribution in [0.25, 0.3) is 6.08 Å². The maximum atomic E-state index is 13.2. The lowest BCUT2D eigenvalue weighted by Crippen LogP contribution is -2.30. The molecule has 0 fully saturated rings. The number of hydrogen-bond acceptors (Lipinski definition) is 4. The number of carbonyl (C=O) groups is 3. The predicted molar refractivity (Wildman–Crippen MR) is 164 cm³/mol. The van der Waals surface area contributed by atoms with Crippen LogP contribution >= 0.6 is 27.7 Å². The van der Waals surface area contributed by atoms with Gasteiger partial charge in [-0.3, -0.25) is 14.4 Å². The summed E-state index contributed by atoms with van der Waals surface area (Å²) in [5.41, 5.74) is 4.10. The molecule has 200 valence electrons. The molecule has 3 amide bonds. The number of carbonyl (C=O) groups excluding carboxylic acids is 3. The van der Waals surface area contributed by atoms with E-state index in [0.29, 0.717) is 23.5 Å². The van der Waals surface area contributed by atoms with Gasteiger partial charge in [0.15, 0.2) is 0 Å². The molecule has 0 atom stereocenters. The second kappa shape index (κ2) is 12.8. The van der Waals surface area contributed by atoms with Crippen LogP contribution in [0.15, 0.2) is 118 Å². The van der Waals surface area contributed by atoms with Crippen LogP contribution in [0.3, 0.4) is 0 Å². The van der Waals surface area contributed by atoms with E-state index in [9.17, 15) is 14.4 Å². The molecule has 2 N–H and O–H groups in total. The van der Waals surface area contributed by atoms with E-state index in [0.717, 1.165) is 27.0 Å². The van der Waals surface area contributed by atoms with Gasteiger partial charge in [0.05, 0.1) is 5.75 Å². The Morgan fingerprint density at radius 3 is 2.30 bits per heavy atom. The molecule has 4 aromatic rings. The van der Waals surface area contributed by atoms with Gasteiger partial charge in [0, 0.05) is 32.9 Å². The van der Waals surface area contributed by atoms with E-state index < -0.39 is 5.91 Å². The van der Waals surface area contributed by atoms with Gasteiger partial charge in [-0.25, -0.2) is 0 Å². The third-order valence-electron chi connectivity index (χ3n) is 6.37. The Morgan fingerprint density at radius 1 is 0.850 bits per heavy atom. The average Bonchev–Trinajstić information content (AvgIpc) is 3.42. The number of thioether (sulfide) groups is 1. The van der Waals surface area contributed by atoms with Crippen LogP contribution in [0.4, 0.5) is 11.4 Å². The SMILES string of the molecule is O=C(Nc1ccc(SCC(=O)N2CCc3ccccc32)cc1)/C(=C/c1ccc(Br)cc1)NC(=O)c1ccccc1. The Hall–Kier alpha value is -4.14. The minimum atomic E-state index is -0.449. The number of nitrogens with one attached hydrogen (secondary N) is 2. The molecule has 1 aliphatic rings. The molecule has 0 aliphatic carbocycles. The van der Waals surface area contributed by atoms with E-state index in [4.69, 9.17) is 0 Å². The Labute approximate surface area is 245 Å². The summed E-state index contributed by atoms with van der Waals surface area (Å²) >= 11 is 4.87. The molecule has 0 aromatic heterocycles. The lowest BCUT2D eigenvalue weighted by Gasteiger charge is -2.17. The summed E-state index contributed by atoms with van der Waals surface area (Å²) in [4.78, 5) is 41.7. The standard InChI is InChI=1S/C32H26BrN3O3S/c33-25-12-10-22(11-13-25)20-28(35-31(38)24-7-2-1-3-8-24)32(39)34-26-14-16-27(17-15-26)40-21-30(37)36-19-18-23-6-4-5-9-29(23)36/h1-17,20H,18-19,21H2,(H,34,39)(H,35,38)/b28-20-. The van der Waals surface area contributed by atoms with Crippen LogP contribution in [-0.4, -0.2) is 30.0 Å². The van der Waals surface area contributed by atoms with Gasteiger partial charge in [-0.2, -0.15) is 0 Å². The minimum absolute atomic E-state index is 0.0733. The van der Waals surface area contributed by atoms with Crippen molar-refractivity contribution < 1.29 is 14.4 Å². The predicted octanol–water partition coefficient (Wildman–Crippen LogP) is 6.54. The maximum Gasteiger partial charge on any atom is 0.272 e. The van der Waals surface area contributed by atoms with Crippen molar-refractivity contribution in [3.63, 3.8) is 0 Å². The summed E-state index contributed by atoms with van der Waals surface area (Å²) in [5.74, 6) is -0.429. The summed E-state index contributed by atoms with van der Waals surface area (Å²) in [6, 6.07) is 31.5. The Kier molecular flexibility index (Phi) is 8.78. The van der Waals surface area contributed by atoms with Gasteiger partial charge in [-0.05, 0) is 78.2 Å². The summed E-state index contributed by atoms with van der Waals surface area (Å²) in [5, 5.41) is 5.61. The van der Waals surface area contributed by atoms with Crippen molar-refractivity contribution >= 4 is 62.9 Å². The molecule has 8 heteroatoms. The number of rotatable bonds is 8. The largest absolute Gasteiger partial charge is 0.321 e. The fourth-order valence-corrected chi connectivity index (χ4v) is 5.36. The quantitative estimate of drug-likeness (QED) is 0.175. The van der Waals surface area contributed by atoms with Crippen LogP contribution in [0.1, 0.15) is 21.5 Å². The van der Waals surface area contributed by atoms with E-state index >= 15 is 0 Å². The third kappa shape index (κ3) is 6.89. The molecule has 0 unspecified atom stereocenters. The summed E-state index contributed by atoms with van der Waals surface area (Å²) in [6.45, 7) is 0.709. The first-order valence-corrected chi connectivity index (χ1v) is 14.5. The highest BCUT2D eigenvalue weighted by Gasteiger charge is 2.24. The number of para-hydroxylation sites is 1. The first-order valence-electron chi connectivity index (χ1n) is 12.7. The number of halogens is 1. The molecule has 1 heterocycles. The number of anilines is 2. The number of fused-ring (bicyclic) bond motifs is 1. The van der Waals surface area contributed by atoms with Crippen LogP contribution in [-0.2, 0) is 16.0 Å². The van der Waals surface area contributed by atoms with Gasteiger partial charge in [0.2, 0.25) is 5.91 Å². The minimum Gasteiger partial charge on any atom is -0.321 e. The van der Waals surface area contributed by atoms with E-state index in [-0.39, 0.29) is 17.5 Å². The fraction of sp³-hybridized carbons (Fsp3) is 0.0938. The summed E-state index contributed by atoms with van der Waals surface area (Å²) in [6.07, 6.45) is 2.51. The summed E-state index contributed by atoms with van der Waals surface area (Å²) in [7, 11) is 0. The fourth-order valence-electron chi connectivity index (χ4n) is 4.32. The molecule has 0 saturated heterocycles. The smallest absolute Gasteiger partial charge is 0.272 e. The molecule has 0 spiro atoms. The van der Waals surface area contributed by atoms with Crippen molar-refractivity contribution in [3.05, 3.63) is 130 Å². The maximum absolute atomic E-state index is 13.2. The molecule has 0 radical (unpaired) electrons. The molecule has 5 rings (SSSR count). The molecule has 0 saturated carbocycles. The van der Waals surface area contributed by atoms with Crippen LogP contribution in [0, 0.1) is 0 Å². The average molecular weight is 613 g/mol. The zero-order chi connectivity index (χ0) is 27.9. The molecular formula is C32H26BrN3O3S.